The summed E-state index contributed by atoms with van der Waals surface area (Å²) < 4.78 is 5.80. The Labute approximate surface area is 182 Å². The predicted octanol–water partition coefficient (Wildman–Crippen LogP) is 3.81. The molecule has 31 heavy (non-hydrogen) atoms. The molecule has 0 saturated carbocycles. The summed E-state index contributed by atoms with van der Waals surface area (Å²) >= 11 is 0. The molecule has 2 fully saturated rings. The van der Waals surface area contributed by atoms with Crippen LogP contribution in [-0.2, 0) is 9.53 Å². The van der Waals surface area contributed by atoms with Gasteiger partial charge in [0, 0.05) is 25.0 Å². The second-order valence-electron chi connectivity index (χ2n) is 8.84. The molecular weight excluding hydrogens is 392 g/mol. The number of aliphatic carboxylic acids is 1. The quantitative estimate of drug-likeness (QED) is 0.815. The van der Waals surface area contributed by atoms with E-state index in [1.807, 2.05) is 24.3 Å². The van der Waals surface area contributed by atoms with Crippen LogP contribution in [-0.4, -0.2) is 65.8 Å². The third-order valence-electron chi connectivity index (χ3n) is 7.15. The first kappa shape index (κ1) is 20.1. The summed E-state index contributed by atoms with van der Waals surface area (Å²) in [7, 11) is 0. The molecule has 1 N–H and O–H groups in total. The molecule has 2 saturated heterocycles. The van der Waals surface area contributed by atoms with Crippen molar-refractivity contribution in [3.8, 4) is 11.1 Å². The fourth-order valence-electron chi connectivity index (χ4n) is 5.40. The SMILES string of the molecule is O=C(O)C1CCN(C2CCN(C(=O)OCC3c4ccccc4-c4ccccc43)C2)CC1. The average molecular weight is 421 g/mol. The molecule has 1 unspecified atom stereocenters. The van der Waals surface area contributed by atoms with Gasteiger partial charge in [-0.2, -0.15) is 0 Å². The molecule has 3 aliphatic rings. The Balaban J connectivity index is 1.18. The minimum absolute atomic E-state index is 0.0739. The van der Waals surface area contributed by atoms with E-state index in [0.29, 0.717) is 38.6 Å². The van der Waals surface area contributed by atoms with Gasteiger partial charge in [0.05, 0.1) is 5.92 Å². The normalized spacial score (nSPS) is 21.7. The standard InChI is InChI=1S/C25H28N2O4/c28-24(29)17-9-12-26(13-10-17)18-11-14-27(15-18)25(30)31-16-23-21-7-3-1-5-19(21)20-6-2-4-8-22(20)23/h1-8,17-18,23H,9-16H2,(H,28,29). The largest absolute Gasteiger partial charge is 0.481 e. The van der Waals surface area contributed by atoms with Crippen molar-refractivity contribution in [3.05, 3.63) is 59.7 Å². The summed E-state index contributed by atoms with van der Waals surface area (Å²) in [5.41, 5.74) is 4.89. The number of carboxylic acids is 1. The lowest BCUT2D eigenvalue weighted by molar-refractivity contribution is -0.143. The molecule has 0 radical (unpaired) electrons. The highest BCUT2D eigenvalue weighted by Crippen LogP contribution is 2.44. The first-order valence-corrected chi connectivity index (χ1v) is 11.2. The van der Waals surface area contributed by atoms with E-state index < -0.39 is 5.97 Å². The summed E-state index contributed by atoms with van der Waals surface area (Å²) in [5, 5.41) is 9.19. The topological polar surface area (TPSA) is 70.1 Å². The Morgan fingerprint density at radius 3 is 2.13 bits per heavy atom. The number of piperidine rings is 1. The van der Waals surface area contributed by atoms with E-state index in [4.69, 9.17) is 4.74 Å². The number of likely N-dealkylation sites (tertiary alicyclic amines) is 2. The molecule has 2 aromatic rings. The van der Waals surface area contributed by atoms with E-state index in [1.165, 1.54) is 22.3 Å². The number of amides is 1. The van der Waals surface area contributed by atoms with Gasteiger partial charge >= 0.3 is 12.1 Å². The highest BCUT2D eigenvalue weighted by molar-refractivity contribution is 5.79. The minimum atomic E-state index is -0.689. The number of nitrogens with zero attached hydrogens (tertiary/aromatic N) is 2. The van der Waals surface area contributed by atoms with Crippen molar-refractivity contribution in [1.29, 1.82) is 0 Å². The van der Waals surface area contributed by atoms with Crippen molar-refractivity contribution in [3.63, 3.8) is 0 Å². The fourth-order valence-corrected chi connectivity index (χ4v) is 5.40. The van der Waals surface area contributed by atoms with Crippen molar-refractivity contribution >= 4 is 12.1 Å². The molecule has 5 rings (SSSR count). The maximum atomic E-state index is 12.8. The summed E-state index contributed by atoms with van der Waals surface area (Å²) in [5.74, 6) is -0.841. The molecule has 0 aromatic heterocycles. The molecule has 162 valence electrons. The van der Waals surface area contributed by atoms with E-state index in [1.54, 1.807) is 4.90 Å². The highest BCUT2D eigenvalue weighted by Gasteiger charge is 2.35. The number of fused-ring (bicyclic) bond motifs is 3. The van der Waals surface area contributed by atoms with E-state index >= 15 is 0 Å². The van der Waals surface area contributed by atoms with E-state index in [2.05, 4.69) is 29.2 Å². The average Bonchev–Trinajstić information content (AvgIpc) is 3.41. The molecule has 6 nitrogen and oxygen atoms in total. The number of hydrogen-bond acceptors (Lipinski definition) is 4. The van der Waals surface area contributed by atoms with Crippen molar-refractivity contribution in [2.45, 2.75) is 31.2 Å². The lowest BCUT2D eigenvalue weighted by atomic mass is 9.96. The molecule has 1 aliphatic carbocycles. The number of ether oxygens (including phenoxy) is 1. The molecule has 2 aromatic carbocycles. The summed E-state index contributed by atoms with van der Waals surface area (Å²) in [4.78, 5) is 28.1. The van der Waals surface area contributed by atoms with Crippen molar-refractivity contribution in [2.75, 3.05) is 32.8 Å². The second-order valence-corrected chi connectivity index (χ2v) is 8.84. The predicted molar refractivity (Wildman–Crippen MR) is 117 cm³/mol. The molecule has 2 aliphatic heterocycles. The van der Waals surface area contributed by atoms with Crippen LogP contribution in [0.1, 0.15) is 36.3 Å². The van der Waals surface area contributed by atoms with Crippen LogP contribution in [0.15, 0.2) is 48.5 Å². The van der Waals surface area contributed by atoms with Crippen LogP contribution in [0.25, 0.3) is 11.1 Å². The molecule has 0 bridgehead atoms. The first-order valence-electron chi connectivity index (χ1n) is 11.2. The zero-order valence-electron chi connectivity index (χ0n) is 17.6. The zero-order valence-corrected chi connectivity index (χ0v) is 17.6. The van der Waals surface area contributed by atoms with Crippen LogP contribution in [0.5, 0.6) is 0 Å². The van der Waals surface area contributed by atoms with Gasteiger partial charge in [-0.25, -0.2) is 4.79 Å². The first-order chi connectivity index (χ1) is 15.1. The van der Waals surface area contributed by atoms with E-state index in [9.17, 15) is 14.7 Å². The van der Waals surface area contributed by atoms with Gasteiger partial charge in [0.15, 0.2) is 0 Å². The van der Waals surface area contributed by atoms with Gasteiger partial charge in [0.2, 0.25) is 0 Å². The maximum Gasteiger partial charge on any atom is 0.409 e. The van der Waals surface area contributed by atoms with Gasteiger partial charge in [0.25, 0.3) is 0 Å². The number of carboxylic acid groups (broad SMARTS) is 1. The van der Waals surface area contributed by atoms with Gasteiger partial charge in [0.1, 0.15) is 6.61 Å². The van der Waals surface area contributed by atoms with E-state index in [-0.39, 0.29) is 17.9 Å². The summed E-state index contributed by atoms with van der Waals surface area (Å²) in [6.07, 6.45) is 2.06. The van der Waals surface area contributed by atoms with Crippen LogP contribution in [0.4, 0.5) is 4.79 Å². The molecule has 1 amide bonds. The minimum Gasteiger partial charge on any atom is -0.481 e. The summed E-state index contributed by atoms with van der Waals surface area (Å²) in [6, 6.07) is 17.0. The van der Waals surface area contributed by atoms with Gasteiger partial charge < -0.3 is 14.7 Å². The second kappa shape index (κ2) is 8.35. The smallest absolute Gasteiger partial charge is 0.409 e. The van der Waals surface area contributed by atoms with Crippen LogP contribution >= 0.6 is 0 Å². The van der Waals surface area contributed by atoms with Crippen molar-refractivity contribution in [2.24, 2.45) is 5.92 Å². The lowest BCUT2D eigenvalue weighted by Gasteiger charge is -2.34. The van der Waals surface area contributed by atoms with Crippen LogP contribution < -0.4 is 0 Å². The van der Waals surface area contributed by atoms with Gasteiger partial charge in [-0.15, -0.1) is 0 Å². The third kappa shape index (κ3) is 3.81. The van der Waals surface area contributed by atoms with Gasteiger partial charge in [-0.3, -0.25) is 9.69 Å². The Kier molecular flexibility index (Phi) is 5.40. The number of carbonyl (C=O) groups excluding carboxylic acids is 1. The van der Waals surface area contributed by atoms with Gasteiger partial charge in [-0.05, 0) is 54.6 Å². The summed E-state index contributed by atoms with van der Waals surface area (Å²) in [6.45, 7) is 3.28. The fraction of sp³-hybridized carbons (Fsp3) is 0.440. The van der Waals surface area contributed by atoms with Crippen LogP contribution in [0, 0.1) is 5.92 Å². The van der Waals surface area contributed by atoms with Crippen molar-refractivity contribution < 1.29 is 19.4 Å². The Morgan fingerprint density at radius 2 is 1.52 bits per heavy atom. The Bertz CT molecular complexity index is 937. The number of benzene rings is 2. The molecule has 0 spiro atoms. The van der Waals surface area contributed by atoms with Crippen LogP contribution in [0.3, 0.4) is 0 Å². The Hall–Kier alpha value is -2.86. The van der Waals surface area contributed by atoms with Gasteiger partial charge in [-0.1, -0.05) is 48.5 Å². The Morgan fingerprint density at radius 1 is 0.903 bits per heavy atom. The number of hydrogen-bond donors (Lipinski definition) is 1. The van der Waals surface area contributed by atoms with E-state index in [0.717, 1.165) is 19.5 Å². The number of rotatable bonds is 4. The molecule has 2 heterocycles. The number of carbonyl (C=O) groups is 2. The molecule has 1 atom stereocenters. The zero-order chi connectivity index (χ0) is 21.4. The maximum absolute atomic E-state index is 12.8. The highest BCUT2D eigenvalue weighted by atomic mass is 16.6. The lowest BCUT2D eigenvalue weighted by Crippen LogP contribution is -2.44. The third-order valence-corrected chi connectivity index (χ3v) is 7.15. The van der Waals surface area contributed by atoms with Crippen molar-refractivity contribution in [1.82, 2.24) is 9.80 Å². The molecular formula is C25H28N2O4. The molecule has 6 heteroatoms. The van der Waals surface area contributed by atoms with Crippen LogP contribution in [0.2, 0.25) is 0 Å². The monoisotopic (exact) mass is 420 g/mol.